The van der Waals surface area contributed by atoms with Gasteiger partial charge < -0.3 is 15.8 Å². The molecule has 0 aliphatic carbocycles. The van der Waals surface area contributed by atoms with E-state index < -0.39 is 0 Å². The smallest absolute Gasteiger partial charge is 0.170 e. The number of anilines is 1. The average Bonchev–Trinajstić information content (AvgIpc) is 2.39. The lowest BCUT2D eigenvalue weighted by molar-refractivity contribution is 0.318. The lowest BCUT2D eigenvalue weighted by Crippen LogP contribution is -2.30. The van der Waals surface area contributed by atoms with Gasteiger partial charge in [-0.25, -0.2) is 0 Å². The molecule has 0 fully saturated rings. The van der Waals surface area contributed by atoms with Gasteiger partial charge in [0.2, 0.25) is 0 Å². The van der Waals surface area contributed by atoms with Gasteiger partial charge in [-0.1, -0.05) is 19.0 Å². The first kappa shape index (κ1) is 14.4. The molecule has 0 spiro atoms. The highest BCUT2D eigenvalue weighted by molar-refractivity contribution is 5.98. The number of amidine groups is 1. The van der Waals surface area contributed by atoms with Crippen LogP contribution in [-0.4, -0.2) is 24.1 Å². The first-order chi connectivity index (χ1) is 8.54. The largest absolute Gasteiger partial charge is 0.409 e. The van der Waals surface area contributed by atoms with E-state index in [1.807, 2.05) is 19.1 Å². The molecule has 4 heteroatoms. The molecule has 0 radical (unpaired) electrons. The molecule has 1 aromatic carbocycles. The fourth-order valence-electron chi connectivity index (χ4n) is 2.26. The van der Waals surface area contributed by atoms with Gasteiger partial charge in [0.25, 0.3) is 0 Å². The van der Waals surface area contributed by atoms with Crippen LogP contribution in [0.4, 0.5) is 5.69 Å². The number of aryl methyl sites for hydroxylation is 1. The van der Waals surface area contributed by atoms with Crippen LogP contribution >= 0.6 is 0 Å². The van der Waals surface area contributed by atoms with E-state index in [0.717, 1.165) is 29.7 Å². The van der Waals surface area contributed by atoms with Gasteiger partial charge in [-0.15, -0.1) is 0 Å². The molecule has 0 aliphatic heterocycles. The second-order valence-corrected chi connectivity index (χ2v) is 4.57. The van der Waals surface area contributed by atoms with Crippen molar-refractivity contribution >= 4 is 11.5 Å². The number of benzene rings is 1. The van der Waals surface area contributed by atoms with Gasteiger partial charge in [0.15, 0.2) is 5.84 Å². The predicted molar refractivity (Wildman–Crippen MR) is 76.5 cm³/mol. The summed E-state index contributed by atoms with van der Waals surface area (Å²) >= 11 is 0. The minimum absolute atomic E-state index is 0.157. The van der Waals surface area contributed by atoms with Crippen LogP contribution in [0.2, 0.25) is 0 Å². The fourth-order valence-corrected chi connectivity index (χ4v) is 2.26. The molecule has 0 amide bonds. The molecule has 1 rings (SSSR count). The third-order valence-electron chi connectivity index (χ3n) is 3.49. The first-order valence-corrected chi connectivity index (χ1v) is 6.36. The molecule has 0 bridgehead atoms. The molecular weight excluding hydrogens is 226 g/mol. The second kappa shape index (κ2) is 6.28. The lowest BCUT2D eigenvalue weighted by Gasteiger charge is -2.29. The van der Waals surface area contributed by atoms with Crippen molar-refractivity contribution in [3.8, 4) is 0 Å². The molecule has 0 heterocycles. The summed E-state index contributed by atoms with van der Waals surface area (Å²) in [6.45, 7) is 6.36. The van der Waals surface area contributed by atoms with Gasteiger partial charge in [0.1, 0.15) is 0 Å². The Labute approximate surface area is 109 Å². The van der Waals surface area contributed by atoms with E-state index in [0.29, 0.717) is 6.04 Å². The van der Waals surface area contributed by atoms with Crippen molar-refractivity contribution < 1.29 is 5.21 Å². The molecule has 3 N–H and O–H groups in total. The number of rotatable bonds is 5. The van der Waals surface area contributed by atoms with E-state index in [4.69, 9.17) is 10.9 Å². The van der Waals surface area contributed by atoms with Gasteiger partial charge in [-0.2, -0.15) is 0 Å². The van der Waals surface area contributed by atoms with E-state index in [-0.39, 0.29) is 5.84 Å². The summed E-state index contributed by atoms with van der Waals surface area (Å²) in [6.07, 6.45) is 2.24. The SMILES string of the molecule is CCC(CC)N(C)c1ccc(/C(N)=N/O)c(C)c1. The van der Waals surface area contributed by atoms with Gasteiger partial charge in [0.05, 0.1) is 0 Å². The molecular formula is C14H23N3O. The summed E-state index contributed by atoms with van der Waals surface area (Å²) in [5.74, 6) is 0.157. The van der Waals surface area contributed by atoms with E-state index in [1.165, 1.54) is 0 Å². The van der Waals surface area contributed by atoms with E-state index in [9.17, 15) is 0 Å². The van der Waals surface area contributed by atoms with Crippen molar-refractivity contribution in [2.45, 2.75) is 39.7 Å². The highest BCUT2D eigenvalue weighted by atomic mass is 16.4. The van der Waals surface area contributed by atoms with Crippen LogP contribution in [0.15, 0.2) is 23.4 Å². The summed E-state index contributed by atoms with van der Waals surface area (Å²) < 4.78 is 0. The normalized spacial score (nSPS) is 11.9. The maximum Gasteiger partial charge on any atom is 0.170 e. The van der Waals surface area contributed by atoms with E-state index in [1.54, 1.807) is 0 Å². The highest BCUT2D eigenvalue weighted by Crippen LogP contribution is 2.22. The molecule has 0 unspecified atom stereocenters. The second-order valence-electron chi connectivity index (χ2n) is 4.57. The molecule has 0 aromatic heterocycles. The molecule has 100 valence electrons. The quantitative estimate of drug-likeness (QED) is 0.365. The van der Waals surface area contributed by atoms with Gasteiger partial charge in [0, 0.05) is 24.3 Å². The van der Waals surface area contributed by atoms with Crippen molar-refractivity contribution in [1.29, 1.82) is 0 Å². The third kappa shape index (κ3) is 2.94. The first-order valence-electron chi connectivity index (χ1n) is 6.36. The van der Waals surface area contributed by atoms with Crippen molar-refractivity contribution in [3.05, 3.63) is 29.3 Å². The minimum Gasteiger partial charge on any atom is -0.409 e. The van der Waals surface area contributed by atoms with Gasteiger partial charge >= 0.3 is 0 Å². The molecule has 4 nitrogen and oxygen atoms in total. The standard InChI is InChI=1S/C14H23N3O/c1-5-11(6-2)17(4)12-7-8-13(10(3)9-12)14(15)16-18/h7-9,11,18H,5-6H2,1-4H3,(H2,15,16). The Bertz CT molecular complexity index is 425. The summed E-state index contributed by atoms with van der Waals surface area (Å²) in [6, 6.07) is 6.53. The average molecular weight is 249 g/mol. The number of hydrogen-bond donors (Lipinski definition) is 2. The molecule has 1 aromatic rings. The van der Waals surface area contributed by atoms with Gasteiger partial charge in [-0.05, 0) is 43.5 Å². The van der Waals surface area contributed by atoms with E-state index in [2.05, 4.69) is 37.0 Å². The summed E-state index contributed by atoms with van der Waals surface area (Å²) in [5, 5.41) is 11.8. The summed E-state index contributed by atoms with van der Waals surface area (Å²) in [7, 11) is 2.11. The zero-order valence-corrected chi connectivity index (χ0v) is 11.6. The molecule has 0 aliphatic rings. The molecule has 0 atom stereocenters. The molecule has 0 saturated heterocycles. The lowest BCUT2D eigenvalue weighted by atomic mass is 10.0. The van der Waals surface area contributed by atoms with Crippen LogP contribution in [0.5, 0.6) is 0 Å². The maximum atomic E-state index is 8.71. The minimum atomic E-state index is 0.157. The van der Waals surface area contributed by atoms with Crippen molar-refractivity contribution in [3.63, 3.8) is 0 Å². The molecule has 18 heavy (non-hydrogen) atoms. The number of nitrogens with two attached hydrogens (primary N) is 1. The monoisotopic (exact) mass is 249 g/mol. The van der Waals surface area contributed by atoms with Crippen molar-refractivity contribution in [1.82, 2.24) is 0 Å². The van der Waals surface area contributed by atoms with Crippen LogP contribution in [-0.2, 0) is 0 Å². The number of nitrogens with zero attached hydrogens (tertiary/aromatic N) is 2. The predicted octanol–water partition coefficient (Wildman–Crippen LogP) is 2.71. The Balaban J connectivity index is 3.04. The Kier molecular flexibility index (Phi) is 5.01. The zero-order valence-electron chi connectivity index (χ0n) is 11.6. The molecule has 0 saturated carbocycles. The van der Waals surface area contributed by atoms with Crippen LogP contribution in [0.1, 0.15) is 37.8 Å². The zero-order chi connectivity index (χ0) is 13.7. The highest BCUT2D eigenvalue weighted by Gasteiger charge is 2.12. The number of hydrogen-bond acceptors (Lipinski definition) is 3. The van der Waals surface area contributed by atoms with Crippen LogP contribution < -0.4 is 10.6 Å². The van der Waals surface area contributed by atoms with Crippen molar-refractivity contribution in [2.75, 3.05) is 11.9 Å². The van der Waals surface area contributed by atoms with Crippen molar-refractivity contribution in [2.24, 2.45) is 10.9 Å². The van der Waals surface area contributed by atoms with Crippen LogP contribution in [0.3, 0.4) is 0 Å². The van der Waals surface area contributed by atoms with Crippen LogP contribution in [0.25, 0.3) is 0 Å². The van der Waals surface area contributed by atoms with Crippen LogP contribution in [0, 0.1) is 6.92 Å². The Morgan fingerprint density at radius 2 is 2.00 bits per heavy atom. The maximum absolute atomic E-state index is 8.71. The summed E-state index contributed by atoms with van der Waals surface area (Å²) in [5.41, 5.74) is 8.57. The van der Waals surface area contributed by atoms with Gasteiger partial charge in [-0.3, -0.25) is 0 Å². The number of oxime groups is 1. The fraction of sp³-hybridized carbons (Fsp3) is 0.500. The van der Waals surface area contributed by atoms with E-state index >= 15 is 0 Å². The summed E-state index contributed by atoms with van der Waals surface area (Å²) in [4.78, 5) is 2.28. The Morgan fingerprint density at radius 3 is 2.44 bits per heavy atom. The third-order valence-corrected chi connectivity index (χ3v) is 3.49. The topological polar surface area (TPSA) is 61.8 Å². The Hall–Kier alpha value is -1.71. The Morgan fingerprint density at radius 1 is 1.39 bits per heavy atom.